The van der Waals surface area contributed by atoms with E-state index in [4.69, 9.17) is 9.47 Å². The van der Waals surface area contributed by atoms with E-state index < -0.39 is 0 Å². The first-order chi connectivity index (χ1) is 10.6. The summed E-state index contributed by atoms with van der Waals surface area (Å²) in [6.45, 7) is 2.69. The Morgan fingerprint density at radius 3 is 2.64 bits per heavy atom. The van der Waals surface area contributed by atoms with Crippen molar-refractivity contribution >= 4 is 17.5 Å². The van der Waals surface area contributed by atoms with Crippen molar-refractivity contribution in [1.82, 2.24) is 5.32 Å². The van der Waals surface area contributed by atoms with Crippen molar-refractivity contribution < 1.29 is 19.1 Å². The van der Waals surface area contributed by atoms with Gasteiger partial charge < -0.3 is 19.7 Å². The minimum Gasteiger partial charge on any atom is -0.497 e. The van der Waals surface area contributed by atoms with Crippen molar-refractivity contribution in [3.8, 4) is 5.75 Å². The van der Waals surface area contributed by atoms with Gasteiger partial charge in [0.25, 0.3) is 0 Å². The summed E-state index contributed by atoms with van der Waals surface area (Å²) in [7, 11) is 1.58. The Balaban J connectivity index is 1.92. The third-order valence-corrected chi connectivity index (χ3v) is 3.62. The molecule has 0 aromatic heterocycles. The van der Waals surface area contributed by atoms with Crippen molar-refractivity contribution in [2.45, 2.75) is 25.9 Å². The molecule has 22 heavy (non-hydrogen) atoms. The second-order valence-corrected chi connectivity index (χ2v) is 5.24. The van der Waals surface area contributed by atoms with E-state index in [1.54, 1.807) is 31.4 Å². The maximum Gasteiger partial charge on any atom is 0.240 e. The fourth-order valence-electron chi connectivity index (χ4n) is 2.38. The molecular formula is C16H22N2O4. The number of methoxy groups -OCH3 is 1. The normalized spacial score (nSPS) is 17.1. The third-order valence-electron chi connectivity index (χ3n) is 3.62. The summed E-state index contributed by atoms with van der Waals surface area (Å²) in [4.78, 5) is 25.2. The fraction of sp³-hybridized carbons (Fsp3) is 0.500. The van der Waals surface area contributed by atoms with Crippen LogP contribution in [0.5, 0.6) is 5.75 Å². The van der Waals surface area contributed by atoms with Gasteiger partial charge in [-0.05, 0) is 37.1 Å². The predicted octanol–water partition coefficient (Wildman–Crippen LogP) is 1.34. The van der Waals surface area contributed by atoms with Gasteiger partial charge in [0.1, 0.15) is 12.3 Å². The lowest BCUT2D eigenvalue weighted by Crippen LogP contribution is -2.42. The molecule has 1 saturated heterocycles. The molecule has 1 aromatic carbocycles. The van der Waals surface area contributed by atoms with Crippen molar-refractivity contribution in [3.05, 3.63) is 24.3 Å². The molecule has 0 bridgehead atoms. The monoisotopic (exact) mass is 306 g/mol. The molecule has 6 heteroatoms. The van der Waals surface area contributed by atoms with Gasteiger partial charge in [0.2, 0.25) is 11.8 Å². The van der Waals surface area contributed by atoms with Gasteiger partial charge in [-0.1, -0.05) is 0 Å². The van der Waals surface area contributed by atoms with Crippen LogP contribution in [0.25, 0.3) is 0 Å². The van der Waals surface area contributed by atoms with E-state index >= 15 is 0 Å². The zero-order valence-electron chi connectivity index (χ0n) is 13.0. The smallest absolute Gasteiger partial charge is 0.240 e. The van der Waals surface area contributed by atoms with Crippen LogP contribution in [0.3, 0.4) is 0 Å². The minimum absolute atomic E-state index is 0.00557. The predicted molar refractivity (Wildman–Crippen MR) is 83.0 cm³/mol. The zero-order valence-corrected chi connectivity index (χ0v) is 13.0. The van der Waals surface area contributed by atoms with E-state index in [1.807, 2.05) is 0 Å². The summed E-state index contributed by atoms with van der Waals surface area (Å²) in [5.41, 5.74) is 0.667. The molecule has 0 saturated carbocycles. The van der Waals surface area contributed by atoms with E-state index in [9.17, 15) is 9.59 Å². The van der Waals surface area contributed by atoms with Crippen molar-refractivity contribution in [2.75, 3.05) is 31.7 Å². The summed E-state index contributed by atoms with van der Waals surface area (Å²) in [6.07, 6.45) is 2.09. The molecule has 1 aliphatic rings. The molecule has 0 radical (unpaired) electrons. The van der Waals surface area contributed by atoms with Crippen LogP contribution < -0.4 is 15.0 Å². The summed E-state index contributed by atoms with van der Waals surface area (Å²) in [5, 5.41) is 2.82. The Morgan fingerprint density at radius 1 is 1.36 bits per heavy atom. The molecule has 120 valence electrons. The highest BCUT2D eigenvalue weighted by molar-refractivity contribution is 5.97. The van der Waals surface area contributed by atoms with Gasteiger partial charge in [-0.3, -0.25) is 9.59 Å². The highest BCUT2D eigenvalue weighted by atomic mass is 16.5. The number of nitrogens with zero attached hydrogens (tertiary/aromatic N) is 1. The molecule has 1 aromatic rings. The second-order valence-electron chi connectivity index (χ2n) is 5.24. The van der Waals surface area contributed by atoms with Crippen LogP contribution in [0, 0.1) is 0 Å². The Labute approximate surface area is 130 Å². The molecule has 1 aliphatic heterocycles. The number of nitrogens with one attached hydrogen (secondary N) is 1. The van der Waals surface area contributed by atoms with E-state index in [0.29, 0.717) is 18.0 Å². The molecular weight excluding hydrogens is 284 g/mol. The molecule has 0 spiro atoms. The number of amides is 2. The van der Waals surface area contributed by atoms with Crippen LogP contribution in [0.2, 0.25) is 0 Å². The third kappa shape index (κ3) is 4.46. The molecule has 2 amide bonds. The molecule has 1 atom stereocenters. The van der Waals surface area contributed by atoms with E-state index in [-0.39, 0.29) is 24.5 Å². The number of hydrogen-bond donors (Lipinski definition) is 1. The number of carbonyl (C=O) groups excluding carboxylic acids is 2. The van der Waals surface area contributed by atoms with Crippen LogP contribution in [-0.4, -0.2) is 44.7 Å². The van der Waals surface area contributed by atoms with E-state index in [2.05, 4.69) is 5.32 Å². The SMILES string of the molecule is COc1ccc(N(CC(=O)NCC2CCCO2)C(C)=O)cc1. The molecule has 1 fully saturated rings. The molecule has 1 N–H and O–H groups in total. The average Bonchev–Trinajstić information content (AvgIpc) is 3.04. The standard InChI is InChI=1S/C16H22N2O4/c1-12(19)18(13-5-7-14(21-2)8-6-13)11-16(20)17-10-15-4-3-9-22-15/h5-8,15H,3-4,9-11H2,1-2H3,(H,17,20). The number of benzene rings is 1. The molecule has 6 nitrogen and oxygen atoms in total. The molecule has 0 aliphatic carbocycles. The summed E-state index contributed by atoms with van der Waals surface area (Å²) < 4.78 is 10.5. The van der Waals surface area contributed by atoms with Crippen molar-refractivity contribution in [2.24, 2.45) is 0 Å². The highest BCUT2D eigenvalue weighted by Crippen LogP contribution is 2.19. The summed E-state index contributed by atoms with van der Waals surface area (Å²) in [6, 6.07) is 7.03. The Hall–Kier alpha value is -2.08. The lowest BCUT2D eigenvalue weighted by molar-refractivity contribution is -0.123. The largest absolute Gasteiger partial charge is 0.497 e. The van der Waals surface area contributed by atoms with Crippen molar-refractivity contribution in [1.29, 1.82) is 0 Å². The topological polar surface area (TPSA) is 67.9 Å². The van der Waals surface area contributed by atoms with Crippen LogP contribution in [-0.2, 0) is 14.3 Å². The summed E-state index contributed by atoms with van der Waals surface area (Å²) in [5.74, 6) is 0.328. The fourth-order valence-corrected chi connectivity index (χ4v) is 2.38. The Kier molecular flexibility index (Phi) is 5.77. The molecule has 1 heterocycles. The number of rotatable bonds is 6. The number of hydrogen-bond acceptors (Lipinski definition) is 4. The highest BCUT2D eigenvalue weighted by Gasteiger charge is 2.19. The number of anilines is 1. The lowest BCUT2D eigenvalue weighted by Gasteiger charge is -2.21. The average molecular weight is 306 g/mol. The minimum atomic E-state index is -0.193. The van der Waals surface area contributed by atoms with Gasteiger partial charge in [-0.25, -0.2) is 0 Å². The number of carbonyl (C=O) groups is 2. The van der Waals surface area contributed by atoms with Crippen LogP contribution >= 0.6 is 0 Å². The quantitative estimate of drug-likeness (QED) is 0.861. The first-order valence-corrected chi connectivity index (χ1v) is 7.40. The maximum absolute atomic E-state index is 12.0. The number of ether oxygens (including phenoxy) is 2. The maximum atomic E-state index is 12.0. The molecule has 1 unspecified atom stereocenters. The van der Waals surface area contributed by atoms with Gasteiger partial charge in [0, 0.05) is 25.8 Å². The Bertz CT molecular complexity index is 509. The summed E-state index contributed by atoms with van der Waals surface area (Å²) >= 11 is 0. The van der Waals surface area contributed by atoms with Crippen LogP contribution in [0.15, 0.2) is 24.3 Å². The van der Waals surface area contributed by atoms with Gasteiger partial charge in [-0.2, -0.15) is 0 Å². The first kappa shape index (κ1) is 16.3. The second kappa shape index (κ2) is 7.79. The van der Waals surface area contributed by atoms with E-state index in [1.165, 1.54) is 11.8 Å². The van der Waals surface area contributed by atoms with E-state index in [0.717, 1.165) is 19.4 Å². The van der Waals surface area contributed by atoms with Crippen LogP contribution in [0.1, 0.15) is 19.8 Å². The first-order valence-electron chi connectivity index (χ1n) is 7.40. The van der Waals surface area contributed by atoms with Gasteiger partial charge in [0.15, 0.2) is 0 Å². The Morgan fingerprint density at radius 2 is 2.09 bits per heavy atom. The lowest BCUT2D eigenvalue weighted by atomic mass is 10.2. The molecule has 2 rings (SSSR count). The van der Waals surface area contributed by atoms with Gasteiger partial charge >= 0.3 is 0 Å². The van der Waals surface area contributed by atoms with Crippen LogP contribution in [0.4, 0.5) is 5.69 Å². The van der Waals surface area contributed by atoms with Crippen molar-refractivity contribution in [3.63, 3.8) is 0 Å². The van der Waals surface area contributed by atoms with Gasteiger partial charge in [-0.15, -0.1) is 0 Å². The van der Waals surface area contributed by atoms with Gasteiger partial charge in [0.05, 0.1) is 13.2 Å². The zero-order chi connectivity index (χ0) is 15.9.